The van der Waals surface area contributed by atoms with Crippen LogP contribution in [-0.4, -0.2) is 11.0 Å². The quantitative estimate of drug-likeness (QED) is 0.240. The summed E-state index contributed by atoms with van der Waals surface area (Å²) in [7, 11) is 0. The Balaban J connectivity index is -0.0000000831. The predicted molar refractivity (Wildman–Crippen MR) is 103 cm³/mol. The average Bonchev–Trinajstić information content (AvgIpc) is 2.47. The summed E-state index contributed by atoms with van der Waals surface area (Å²) in [5.74, 6) is 0. The molecule has 142 valence electrons. The van der Waals surface area contributed by atoms with E-state index in [1.807, 2.05) is 0 Å². The van der Waals surface area contributed by atoms with E-state index in [1.54, 1.807) is 0 Å². The molecule has 3 heteroatoms. The Hall–Kier alpha value is 0.803. The maximum absolute atomic E-state index is 3.82. The van der Waals surface area contributed by atoms with Crippen molar-refractivity contribution in [3.8, 4) is 0 Å². The zero-order valence-electron chi connectivity index (χ0n) is 16.2. The maximum Gasteiger partial charge on any atom is 2.00 e. The Bertz CT molecular complexity index is 112. The molecule has 0 bridgehead atoms. The fraction of sp³-hybridized carbons (Fsp3) is 0.900. The van der Waals surface area contributed by atoms with Crippen molar-refractivity contribution in [3.63, 3.8) is 0 Å². The van der Waals surface area contributed by atoms with E-state index in [-0.39, 0.29) is 37.2 Å². The van der Waals surface area contributed by atoms with Gasteiger partial charge in [-0.2, -0.15) is 12.8 Å². The van der Waals surface area contributed by atoms with Crippen LogP contribution in [0.5, 0.6) is 0 Å². The van der Waals surface area contributed by atoms with Gasteiger partial charge < -0.3 is 24.8 Å². The molecule has 0 atom stereocenters. The van der Waals surface area contributed by atoms with Crippen molar-refractivity contribution >= 4 is 0 Å². The first kappa shape index (κ1) is 35.0. The first-order chi connectivity index (χ1) is 9.83. The van der Waals surface area contributed by atoms with Crippen LogP contribution in [0.4, 0.5) is 0 Å². The molecule has 4 N–H and O–H groups in total. The van der Waals surface area contributed by atoms with Crippen LogP contribution in [0.15, 0.2) is 0 Å². The molecule has 0 saturated heterocycles. The molecule has 0 aliphatic rings. The average molecular weight is 410 g/mol. The summed E-state index contributed by atoms with van der Waals surface area (Å²) in [6.07, 6.45) is 21.8. The van der Waals surface area contributed by atoms with Crippen LogP contribution in [0.25, 0.3) is 0 Å². The van der Waals surface area contributed by atoms with Gasteiger partial charge in [0, 0.05) is 0 Å². The summed E-state index contributed by atoms with van der Waals surface area (Å²) < 4.78 is 0. The largest absolute Gasteiger partial charge is 2.00 e. The topological polar surface area (TPSA) is 63.0 Å². The van der Waals surface area contributed by atoms with Gasteiger partial charge >= 0.3 is 26.2 Å². The third-order valence-corrected chi connectivity index (χ3v) is 3.71. The number of hydrogen-bond donors (Lipinski definition) is 0. The standard InChI is InChI=1S/2C10H21.2H2O.Zr/c2*1-3-5-7-9-10-8-6-4-2;;;/h2*1,3-10H2,2H3;2*1H2;/q2*-1;;;+2. The molecule has 23 heavy (non-hydrogen) atoms. The first-order valence-corrected chi connectivity index (χ1v) is 9.41. The normalized spacial score (nSPS) is 8.87. The van der Waals surface area contributed by atoms with Crippen LogP contribution < -0.4 is 0 Å². The van der Waals surface area contributed by atoms with Crippen molar-refractivity contribution < 1.29 is 37.2 Å². The number of rotatable bonds is 14. The Morgan fingerprint density at radius 3 is 0.870 bits per heavy atom. The van der Waals surface area contributed by atoms with Crippen LogP contribution in [0, 0.1) is 13.8 Å². The molecule has 0 heterocycles. The van der Waals surface area contributed by atoms with Crippen LogP contribution in [-0.2, 0) is 26.2 Å². The van der Waals surface area contributed by atoms with E-state index in [2.05, 4.69) is 27.7 Å². The number of unbranched alkanes of at least 4 members (excludes halogenated alkanes) is 14. The van der Waals surface area contributed by atoms with Crippen molar-refractivity contribution in [1.82, 2.24) is 0 Å². The third kappa shape index (κ3) is 45.0. The minimum atomic E-state index is 0. The maximum atomic E-state index is 3.82. The smallest absolute Gasteiger partial charge is 0.412 e. The molecule has 0 spiro atoms. The zero-order valence-corrected chi connectivity index (χ0v) is 18.7. The van der Waals surface area contributed by atoms with E-state index in [9.17, 15) is 0 Å². The summed E-state index contributed by atoms with van der Waals surface area (Å²) in [6, 6.07) is 0. The first-order valence-electron chi connectivity index (χ1n) is 9.41. The molecular formula is C20H46O2Zr. The molecular weight excluding hydrogens is 363 g/mol. The Labute approximate surface area is 167 Å². The molecule has 0 aromatic heterocycles. The van der Waals surface area contributed by atoms with E-state index in [0.717, 1.165) is 12.8 Å². The van der Waals surface area contributed by atoms with Gasteiger partial charge in [0.25, 0.3) is 0 Å². The second kappa shape index (κ2) is 38.4. The van der Waals surface area contributed by atoms with Crippen LogP contribution >= 0.6 is 0 Å². The van der Waals surface area contributed by atoms with Gasteiger partial charge in [0.1, 0.15) is 0 Å². The van der Waals surface area contributed by atoms with E-state index in [1.165, 1.54) is 89.9 Å². The van der Waals surface area contributed by atoms with E-state index < -0.39 is 0 Å². The number of hydrogen-bond acceptors (Lipinski definition) is 0. The van der Waals surface area contributed by atoms with E-state index >= 15 is 0 Å². The molecule has 0 amide bonds. The Kier molecular flexibility index (Phi) is 58.4. The van der Waals surface area contributed by atoms with Crippen molar-refractivity contribution in [2.24, 2.45) is 0 Å². The third-order valence-electron chi connectivity index (χ3n) is 3.71. The predicted octanol–water partition coefficient (Wildman–Crippen LogP) is 6.27. The van der Waals surface area contributed by atoms with Crippen molar-refractivity contribution in [1.29, 1.82) is 0 Å². The van der Waals surface area contributed by atoms with Gasteiger partial charge in [0.15, 0.2) is 0 Å². The Morgan fingerprint density at radius 1 is 0.435 bits per heavy atom. The molecule has 0 aromatic carbocycles. The molecule has 0 radical (unpaired) electrons. The molecule has 0 aliphatic heterocycles. The van der Waals surface area contributed by atoms with E-state index in [4.69, 9.17) is 0 Å². The van der Waals surface area contributed by atoms with Gasteiger partial charge in [0.05, 0.1) is 0 Å². The van der Waals surface area contributed by atoms with Crippen molar-refractivity contribution in [2.75, 3.05) is 0 Å². The molecule has 0 rings (SSSR count). The van der Waals surface area contributed by atoms with Crippen molar-refractivity contribution in [3.05, 3.63) is 13.8 Å². The monoisotopic (exact) mass is 408 g/mol. The molecule has 0 aliphatic carbocycles. The summed E-state index contributed by atoms with van der Waals surface area (Å²) in [5.41, 5.74) is 0. The summed E-state index contributed by atoms with van der Waals surface area (Å²) in [6.45, 7) is 12.2. The SMILES string of the molecule is O.O.[CH2-]CCCCCCCCC.[CH2-]CCCCCCCCC.[Zr+2]. The van der Waals surface area contributed by atoms with Gasteiger partial charge in [0.2, 0.25) is 0 Å². The van der Waals surface area contributed by atoms with Crippen LogP contribution in [0.3, 0.4) is 0 Å². The summed E-state index contributed by atoms with van der Waals surface area (Å²) >= 11 is 0. The summed E-state index contributed by atoms with van der Waals surface area (Å²) in [4.78, 5) is 0. The molecule has 0 fully saturated rings. The van der Waals surface area contributed by atoms with Crippen LogP contribution in [0.1, 0.15) is 117 Å². The molecule has 0 aromatic rings. The van der Waals surface area contributed by atoms with Gasteiger partial charge in [-0.15, -0.1) is 0 Å². The second-order valence-corrected chi connectivity index (χ2v) is 5.95. The fourth-order valence-corrected chi connectivity index (χ4v) is 2.27. The molecule has 0 unspecified atom stereocenters. The van der Waals surface area contributed by atoms with Gasteiger partial charge in [-0.1, -0.05) is 104 Å². The fourth-order valence-electron chi connectivity index (χ4n) is 2.27. The van der Waals surface area contributed by atoms with Crippen LogP contribution in [0.2, 0.25) is 0 Å². The zero-order chi connectivity index (χ0) is 15.3. The second-order valence-electron chi connectivity index (χ2n) is 5.95. The van der Waals surface area contributed by atoms with Gasteiger partial charge in [-0.25, -0.2) is 0 Å². The van der Waals surface area contributed by atoms with Gasteiger partial charge in [-0.05, 0) is 0 Å². The van der Waals surface area contributed by atoms with E-state index in [0.29, 0.717) is 0 Å². The van der Waals surface area contributed by atoms with Gasteiger partial charge in [-0.3, -0.25) is 0 Å². The molecule has 2 nitrogen and oxygen atoms in total. The Morgan fingerprint density at radius 2 is 0.652 bits per heavy atom. The summed E-state index contributed by atoms with van der Waals surface area (Å²) in [5, 5.41) is 0. The molecule has 0 saturated carbocycles. The van der Waals surface area contributed by atoms with Crippen molar-refractivity contribution in [2.45, 2.75) is 117 Å². The minimum absolute atomic E-state index is 0. The minimum Gasteiger partial charge on any atom is -0.412 e.